The van der Waals surface area contributed by atoms with Crippen LogP contribution < -0.4 is 5.32 Å². The van der Waals surface area contributed by atoms with Crippen LogP contribution in [0.4, 0.5) is 0 Å². The lowest BCUT2D eigenvalue weighted by atomic mass is 9.91. The van der Waals surface area contributed by atoms with E-state index in [1.807, 2.05) is 60.7 Å². The molecule has 0 aliphatic heterocycles. The summed E-state index contributed by atoms with van der Waals surface area (Å²) in [5.41, 5.74) is 1.70. The fourth-order valence-electron chi connectivity index (χ4n) is 2.60. The van der Waals surface area contributed by atoms with Gasteiger partial charge in [-0.05, 0) is 30.9 Å². The number of amides is 1. The maximum atomic E-state index is 12.8. The molecule has 4 nitrogen and oxygen atoms in total. The minimum atomic E-state index is -0.798. The summed E-state index contributed by atoms with van der Waals surface area (Å²) in [5.74, 6) is -1.18. The largest absolute Gasteiger partial charge is 0.452 e. The second kappa shape index (κ2) is 7.30. The fourth-order valence-corrected chi connectivity index (χ4v) is 2.60. The first-order valence-electron chi connectivity index (χ1n) is 8.26. The van der Waals surface area contributed by atoms with Crippen LogP contribution in [0.3, 0.4) is 0 Å². The van der Waals surface area contributed by atoms with Crippen molar-refractivity contribution in [3.05, 3.63) is 71.8 Å². The molecule has 24 heavy (non-hydrogen) atoms. The van der Waals surface area contributed by atoms with Crippen molar-refractivity contribution < 1.29 is 14.3 Å². The summed E-state index contributed by atoms with van der Waals surface area (Å²) in [6.45, 7) is 1.61. The van der Waals surface area contributed by atoms with Crippen molar-refractivity contribution in [2.24, 2.45) is 0 Å². The van der Waals surface area contributed by atoms with E-state index in [2.05, 4.69) is 5.32 Å². The van der Waals surface area contributed by atoms with Crippen LogP contribution >= 0.6 is 0 Å². The molecule has 0 bridgehead atoms. The topological polar surface area (TPSA) is 55.4 Å². The monoisotopic (exact) mass is 323 g/mol. The van der Waals surface area contributed by atoms with Gasteiger partial charge < -0.3 is 10.1 Å². The summed E-state index contributed by atoms with van der Waals surface area (Å²) < 4.78 is 5.46. The molecule has 1 fully saturated rings. The van der Waals surface area contributed by atoms with Gasteiger partial charge in [0, 0.05) is 6.04 Å². The molecule has 1 saturated carbocycles. The molecule has 1 N–H and O–H groups in total. The number of benzene rings is 2. The zero-order valence-corrected chi connectivity index (χ0v) is 13.6. The third-order valence-corrected chi connectivity index (χ3v) is 4.09. The first-order valence-corrected chi connectivity index (χ1v) is 8.26. The quantitative estimate of drug-likeness (QED) is 0.831. The summed E-state index contributed by atoms with van der Waals surface area (Å²) in [5, 5.41) is 2.86. The molecule has 1 aliphatic rings. The zero-order valence-electron chi connectivity index (χ0n) is 13.6. The van der Waals surface area contributed by atoms with Crippen LogP contribution in [0.5, 0.6) is 0 Å². The molecule has 0 saturated heterocycles. The average molecular weight is 323 g/mol. The highest BCUT2D eigenvalue weighted by atomic mass is 16.5. The van der Waals surface area contributed by atoms with E-state index in [9.17, 15) is 9.59 Å². The Bertz CT molecular complexity index is 656. The first-order chi connectivity index (χ1) is 11.6. The number of carbonyl (C=O) groups excluding carboxylic acids is 2. The lowest BCUT2D eigenvalue weighted by molar-refractivity contribution is -0.155. The van der Waals surface area contributed by atoms with Gasteiger partial charge in [0.2, 0.25) is 0 Å². The zero-order chi connectivity index (χ0) is 16.9. The standard InChI is InChI=1S/C20H21NO3/c1-14(19(22)21-17-12-13-17)24-20(23)18(15-8-4-2-5-9-15)16-10-6-3-7-11-16/h2-11,14,17-18H,12-13H2,1H3,(H,21,22). The van der Waals surface area contributed by atoms with Gasteiger partial charge in [0.05, 0.1) is 0 Å². The molecule has 2 aromatic carbocycles. The van der Waals surface area contributed by atoms with E-state index in [0.29, 0.717) is 0 Å². The molecular formula is C20H21NO3. The summed E-state index contributed by atoms with van der Waals surface area (Å²) in [7, 11) is 0. The smallest absolute Gasteiger partial charge is 0.318 e. The first kappa shape index (κ1) is 16.2. The SMILES string of the molecule is CC(OC(=O)C(c1ccccc1)c1ccccc1)C(=O)NC1CC1. The maximum absolute atomic E-state index is 12.8. The Morgan fingerprint density at radius 3 is 1.92 bits per heavy atom. The van der Waals surface area contributed by atoms with Crippen molar-refractivity contribution in [3.8, 4) is 0 Å². The maximum Gasteiger partial charge on any atom is 0.318 e. The van der Waals surface area contributed by atoms with Gasteiger partial charge in [0.15, 0.2) is 6.10 Å². The Labute approximate surface area is 141 Å². The molecule has 0 aromatic heterocycles. The van der Waals surface area contributed by atoms with Crippen molar-refractivity contribution in [2.45, 2.75) is 37.8 Å². The van der Waals surface area contributed by atoms with E-state index in [1.54, 1.807) is 6.92 Å². The molecule has 124 valence electrons. The predicted octanol–water partition coefficient (Wildman–Crippen LogP) is 3.03. The number of rotatable bonds is 6. The summed E-state index contributed by atoms with van der Waals surface area (Å²) >= 11 is 0. The van der Waals surface area contributed by atoms with E-state index in [1.165, 1.54) is 0 Å². The number of esters is 1. The van der Waals surface area contributed by atoms with Crippen molar-refractivity contribution in [1.82, 2.24) is 5.32 Å². The van der Waals surface area contributed by atoms with E-state index in [4.69, 9.17) is 4.74 Å². The van der Waals surface area contributed by atoms with Crippen molar-refractivity contribution in [1.29, 1.82) is 0 Å². The average Bonchev–Trinajstić information content (AvgIpc) is 3.41. The fraction of sp³-hybridized carbons (Fsp3) is 0.300. The van der Waals surface area contributed by atoms with Crippen LogP contribution in [-0.4, -0.2) is 24.0 Å². The Hall–Kier alpha value is -2.62. The van der Waals surface area contributed by atoms with Crippen LogP contribution in [-0.2, 0) is 14.3 Å². The van der Waals surface area contributed by atoms with Crippen LogP contribution in [0, 0.1) is 0 Å². The van der Waals surface area contributed by atoms with Gasteiger partial charge in [-0.15, -0.1) is 0 Å². The van der Waals surface area contributed by atoms with Crippen molar-refractivity contribution in [2.75, 3.05) is 0 Å². The Balaban J connectivity index is 1.77. The molecule has 1 aliphatic carbocycles. The Kier molecular flexibility index (Phi) is 4.94. The number of hydrogen-bond acceptors (Lipinski definition) is 3. The molecule has 0 spiro atoms. The van der Waals surface area contributed by atoms with Gasteiger partial charge in [-0.2, -0.15) is 0 Å². The molecule has 2 aromatic rings. The molecule has 0 radical (unpaired) electrons. The molecule has 1 amide bonds. The third-order valence-electron chi connectivity index (χ3n) is 4.09. The van der Waals surface area contributed by atoms with E-state index < -0.39 is 18.0 Å². The molecule has 1 unspecified atom stereocenters. The molecule has 4 heteroatoms. The number of ether oxygens (including phenoxy) is 1. The molecule has 3 rings (SSSR count). The normalized spacial score (nSPS) is 14.9. The highest BCUT2D eigenvalue weighted by Gasteiger charge is 2.30. The Morgan fingerprint density at radius 1 is 0.958 bits per heavy atom. The van der Waals surface area contributed by atoms with E-state index in [-0.39, 0.29) is 11.9 Å². The highest BCUT2D eigenvalue weighted by molar-refractivity contribution is 5.87. The van der Waals surface area contributed by atoms with E-state index >= 15 is 0 Å². The van der Waals surface area contributed by atoms with Crippen molar-refractivity contribution >= 4 is 11.9 Å². The van der Waals surface area contributed by atoms with Gasteiger partial charge in [-0.1, -0.05) is 60.7 Å². The number of hydrogen-bond donors (Lipinski definition) is 1. The van der Waals surface area contributed by atoms with Gasteiger partial charge in [0.25, 0.3) is 5.91 Å². The lowest BCUT2D eigenvalue weighted by Crippen LogP contribution is -2.38. The lowest BCUT2D eigenvalue weighted by Gasteiger charge is -2.20. The minimum Gasteiger partial charge on any atom is -0.452 e. The molecule has 1 atom stereocenters. The Morgan fingerprint density at radius 2 is 1.46 bits per heavy atom. The third kappa shape index (κ3) is 4.02. The second-order valence-electron chi connectivity index (χ2n) is 6.12. The van der Waals surface area contributed by atoms with E-state index in [0.717, 1.165) is 24.0 Å². The molecular weight excluding hydrogens is 302 g/mol. The van der Waals surface area contributed by atoms with Crippen LogP contribution in [0.1, 0.15) is 36.8 Å². The van der Waals surface area contributed by atoms with Crippen molar-refractivity contribution in [3.63, 3.8) is 0 Å². The van der Waals surface area contributed by atoms with Crippen LogP contribution in [0.2, 0.25) is 0 Å². The van der Waals surface area contributed by atoms with Gasteiger partial charge in [0.1, 0.15) is 5.92 Å². The highest BCUT2D eigenvalue weighted by Crippen LogP contribution is 2.26. The minimum absolute atomic E-state index is 0.231. The van der Waals surface area contributed by atoms with Gasteiger partial charge in [-0.3, -0.25) is 9.59 Å². The van der Waals surface area contributed by atoms with Crippen LogP contribution in [0.15, 0.2) is 60.7 Å². The predicted molar refractivity (Wildman–Crippen MR) is 91.4 cm³/mol. The van der Waals surface area contributed by atoms with Gasteiger partial charge in [-0.25, -0.2) is 0 Å². The second-order valence-corrected chi connectivity index (χ2v) is 6.12. The summed E-state index contributed by atoms with van der Waals surface area (Å²) in [6.07, 6.45) is 1.21. The summed E-state index contributed by atoms with van der Waals surface area (Å²) in [6, 6.07) is 19.2. The summed E-state index contributed by atoms with van der Waals surface area (Å²) in [4.78, 5) is 24.8. The van der Waals surface area contributed by atoms with Crippen LogP contribution in [0.25, 0.3) is 0 Å². The number of carbonyl (C=O) groups is 2. The number of nitrogens with one attached hydrogen (secondary N) is 1. The van der Waals surface area contributed by atoms with Gasteiger partial charge >= 0.3 is 5.97 Å². The molecule has 0 heterocycles.